The van der Waals surface area contributed by atoms with E-state index in [1.165, 1.54) is 18.2 Å². The van der Waals surface area contributed by atoms with Gasteiger partial charge in [-0.05, 0) is 66.1 Å². The number of benzene rings is 2. The molecule has 22 heavy (non-hydrogen) atoms. The Morgan fingerprint density at radius 2 is 1.77 bits per heavy atom. The molecular formula is C20H26O2. The number of methoxy groups -OCH3 is 1. The van der Waals surface area contributed by atoms with Gasteiger partial charge >= 0.3 is 0 Å². The molecule has 0 radical (unpaired) electrons. The minimum Gasteiger partial charge on any atom is -0.497 e. The van der Waals surface area contributed by atoms with Gasteiger partial charge in [0.25, 0.3) is 0 Å². The third-order valence-electron chi connectivity index (χ3n) is 5.21. The van der Waals surface area contributed by atoms with E-state index in [-0.39, 0.29) is 0 Å². The average molecular weight is 298 g/mol. The van der Waals surface area contributed by atoms with Crippen LogP contribution in [0.1, 0.15) is 51.0 Å². The number of aliphatic hydroxyl groups is 1. The van der Waals surface area contributed by atoms with E-state index in [2.05, 4.69) is 31.2 Å². The van der Waals surface area contributed by atoms with Crippen LogP contribution in [0.25, 0.3) is 10.8 Å². The molecule has 1 aliphatic rings. The largest absolute Gasteiger partial charge is 0.497 e. The number of hydrogen-bond acceptors (Lipinski definition) is 2. The second-order valence-corrected chi connectivity index (χ2v) is 6.69. The summed E-state index contributed by atoms with van der Waals surface area (Å²) in [6.07, 6.45) is 6.61. The first-order valence-corrected chi connectivity index (χ1v) is 8.45. The summed E-state index contributed by atoms with van der Waals surface area (Å²) in [4.78, 5) is 0. The first-order valence-electron chi connectivity index (χ1n) is 8.45. The lowest BCUT2D eigenvalue weighted by Gasteiger charge is -2.36. The molecule has 0 aliphatic heterocycles. The minimum atomic E-state index is -0.641. The lowest BCUT2D eigenvalue weighted by Crippen LogP contribution is -2.31. The predicted molar refractivity (Wildman–Crippen MR) is 91.3 cm³/mol. The second kappa shape index (κ2) is 6.29. The predicted octanol–water partition coefficient (Wildman–Crippen LogP) is 5.03. The number of fused-ring (bicyclic) bond motifs is 1. The molecule has 1 N–H and O–H groups in total. The molecule has 0 amide bonds. The highest BCUT2D eigenvalue weighted by molar-refractivity contribution is 5.84. The van der Waals surface area contributed by atoms with Crippen LogP contribution in [-0.4, -0.2) is 12.2 Å². The molecule has 0 spiro atoms. The van der Waals surface area contributed by atoms with E-state index in [9.17, 15) is 5.11 Å². The molecule has 2 nitrogen and oxygen atoms in total. The maximum Gasteiger partial charge on any atom is 0.119 e. The van der Waals surface area contributed by atoms with Gasteiger partial charge in [0.05, 0.1) is 12.7 Å². The van der Waals surface area contributed by atoms with Crippen molar-refractivity contribution in [2.75, 3.05) is 7.11 Å². The highest BCUT2D eigenvalue weighted by atomic mass is 16.5. The van der Waals surface area contributed by atoms with Crippen LogP contribution in [0.2, 0.25) is 0 Å². The Bertz CT molecular complexity index is 639. The summed E-state index contributed by atoms with van der Waals surface area (Å²) in [5.41, 5.74) is 0.429. The van der Waals surface area contributed by atoms with Gasteiger partial charge in [0.2, 0.25) is 0 Å². The quantitative estimate of drug-likeness (QED) is 0.858. The Labute approximate surface area is 133 Å². The number of rotatable bonds is 4. The van der Waals surface area contributed by atoms with Crippen LogP contribution in [-0.2, 0) is 5.60 Å². The van der Waals surface area contributed by atoms with Crippen LogP contribution < -0.4 is 4.74 Å². The number of hydrogen-bond donors (Lipinski definition) is 1. The van der Waals surface area contributed by atoms with Crippen molar-refractivity contribution in [2.45, 2.75) is 51.0 Å². The zero-order valence-corrected chi connectivity index (χ0v) is 13.6. The van der Waals surface area contributed by atoms with E-state index in [1.807, 2.05) is 12.1 Å². The van der Waals surface area contributed by atoms with Crippen molar-refractivity contribution in [1.82, 2.24) is 0 Å². The Balaban J connectivity index is 1.84. The Hall–Kier alpha value is -1.54. The van der Waals surface area contributed by atoms with Crippen molar-refractivity contribution in [3.05, 3.63) is 42.0 Å². The van der Waals surface area contributed by atoms with Crippen LogP contribution in [0.15, 0.2) is 36.4 Å². The second-order valence-electron chi connectivity index (χ2n) is 6.69. The van der Waals surface area contributed by atoms with E-state index in [0.29, 0.717) is 0 Å². The summed E-state index contributed by atoms with van der Waals surface area (Å²) in [5, 5.41) is 13.4. The molecule has 0 aromatic heterocycles. The highest BCUT2D eigenvalue weighted by Gasteiger charge is 2.34. The van der Waals surface area contributed by atoms with Gasteiger partial charge < -0.3 is 9.84 Å². The summed E-state index contributed by atoms with van der Waals surface area (Å²) in [6, 6.07) is 12.4. The molecule has 1 aliphatic carbocycles. The Kier molecular flexibility index (Phi) is 4.39. The summed E-state index contributed by atoms with van der Waals surface area (Å²) in [6.45, 7) is 2.25. The van der Waals surface area contributed by atoms with Crippen molar-refractivity contribution in [1.29, 1.82) is 0 Å². The van der Waals surface area contributed by atoms with E-state index in [0.717, 1.165) is 48.3 Å². The molecule has 2 heteroatoms. The summed E-state index contributed by atoms with van der Waals surface area (Å²) < 4.78 is 5.27. The fourth-order valence-corrected chi connectivity index (χ4v) is 3.78. The van der Waals surface area contributed by atoms with Crippen molar-refractivity contribution in [2.24, 2.45) is 5.92 Å². The lowest BCUT2D eigenvalue weighted by atomic mass is 9.74. The third kappa shape index (κ3) is 2.98. The van der Waals surface area contributed by atoms with Crippen LogP contribution in [0.3, 0.4) is 0 Å². The molecule has 2 aromatic carbocycles. The highest BCUT2D eigenvalue weighted by Crippen LogP contribution is 2.41. The van der Waals surface area contributed by atoms with Crippen molar-refractivity contribution in [3.8, 4) is 5.75 Å². The zero-order chi connectivity index (χ0) is 15.6. The first kappa shape index (κ1) is 15.4. The zero-order valence-electron chi connectivity index (χ0n) is 13.6. The topological polar surface area (TPSA) is 29.5 Å². The Morgan fingerprint density at radius 3 is 2.45 bits per heavy atom. The molecule has 0 atom stereocenters. The smallest absolute Gasteiger partial charge is 0.119 e. The van der Waals surface area contributed by atoms with Crippen LogP contribution in [0, 0.1) is 5.92 Å². The molecule has 0 heterocycles. The van der Waals surface area contributed by atoms with E-state index in [1.54, 1.807) is 7.11 Å². The summed E-state index contributed by atoms with van der Waals surface area (Å²) in [7, 11) is 1.69. The van der Waals surface area contributed by atoms with Gasteiger partial charge in [-0.2, -0.15) is 0 Å². The maximum absolute atomic E-state index is 11.1. The first-order chi connectivity index (χ1) is 10.6. The summed E-state index contributed by atoms with van der Waals surface area (Å²) >= 11 is 0. The van der Waals surface area contributed by atoms with Crippen LogP contribution in [0.5, 0.6) is 5.75 Å². The molecule has 3 rings (SSSR count). The van der Waals surface area contributed by atoms with Crippen LogP contribution in [0.4, 0.5) is 0 Å². The standard InChI is InChI=1S/C20H26O2/c1-3-4-15-9-11-20(21,12-10-15)18-7-5-17-14-19(22-2)8-6-16(17)13-18/h5-8,13-15,21H,3-4,9-12H2,1-2H3. The summed E-state index contributed by atoms with van der Waals surface area (Å²) in [5.74, 6) is 1.68. The van der Waals surface area contributed by atoms with Crippen LogP contribution >= 0.6 is 0 Å². The number of ether oxygens (including phenoxy) is 1. The molecule has 0 bridgehead atoms. The van der Waals surface area contributed by atoms with E-state index < -0.39 is 5.60 Å². The van der Waals surface area contributed by atoms with Gasteiger partial charge in [0, 0.05) is 0 Å². The maximum atomic E-state index is 11.1. The van der Waals surface area contributed by atoms with Crippen molar-refractivity contribution < 1.29 is 9.84 Å². The SMILES string of the molecule is CCCC1CCC(O)(c2ccc3cc(OC)ccc3c2)CC1. The van der Waals surface area contributed by atoms with Gasteiger partial charge in [0.15, 0.2) is 0 Å². The van der Waals surface area contributed by atoms with Gasteiger partial charge in [-0.15, -0.1) is 0 Å². The minimum absolute atomic E-state index is 0.641. The van der Waals surface area contributed by atoms with Gasteiger partial charge in [0.1, 0.15) is 5.75 Å². The average Bonchev–Trinajstić information content (AvgIpc) is 2.56. The molecule has 118 valence electrons. The molecular weight excluding hydrogens is 272 g/mol. The van der Waals surface area contributed by atoms with Gasteiger partial charge in [-0.25, -0.2) is 0 Å². The van der Waals surface area contributed by atoms with Crippen molar-refractivity contribution in [3.63, 3.8) is 0 Å². The third-order valence-corrected chi connectivity index (χ3v) is 5.21. The fourth-order valence-electron chi connectivity index (χ4n) is 3.78. The molecule has 1 fully saturated rings. The van der Waals surface area contributed by atoms with Gasteiger partial charge in [-0.3, -0.25) is 0 Å². The monoisotopic (exact) mass is 298 g/mol. The molecule has 1 saturated carbocycles. The van der Waals surface area contributed by atoms with Crippen molar-refractivity contribution >= 4 is 10.8 Å². The molecule has 0 unspecified atom stereocenters. The van der Waals surface area contributed by atoms with E-state index >= 15 is 0 Å². The Morgan fingerprint density at radius 1 is 1.09 bits per heavy atom. The normalized spacial score (nSPS) is 25.3. The van der Waals surface area contributed by atoms with E-state index in [4.69, 9.17) is 4.74 Å². The lowest BCUT2D eigenvalue weighted by molar-refractivity contribution is -0.0151. The molecule has 0 saturated heterocycles. The molecule has 2 aromatic rings. The fraction of sp³-hybridized carbons (Fsp3) is 0.500. The van der Waals surface area contributed by atoms with Gasteiger partial charge in [-0.1, -0.05) is 38.0 Å².